The quantitative estimate of drug-likeness (QED) is 0.141. The van der Waals surface area contributed by atoms with Crippen molar-refractivity contribution < 1.29 is 33.3 Å². The molecule has 8 heteroatoms. The first kappa shape index (κ1) is 32.8. The van der Waals surface area contributed by atoms with Crippen molar-refractivity contribution in [1.29, 1.82) is 0 Å². The average molecular weight is 572 g/mol. The molecule has 0 spiro atoms. The summed E-state index contributed by atoms with van der Waals surface area (Å²) in [6, 6.07) is 0. The van der Waals surface area contributed by atoms with Gasteiger partial charge in [0.15, 0.2) is 0 Å². The highest BCUT2D eigenvalue weighted by Crippen LogP contribution is 2.33. The van der Waals surface area contributed by atoms with E-state index in [0.717, 1.165) is 50.5 Å². The third-order valence-electron chi connectivity index (χ3n) is 8.01. The van der Waals surface area contributed by atoms with Crippen molar-refractivity contribution in [3.8, 4) is 0 Å². The average Bonchev–Trinajstić information content (AvgIpc) is 2.94. The molecule has 3 heterocycles. The number of hydrogen-bond acceptors (Lipinski definition) is 7. The van der Waals surface area contributed by atoms with Crippen molar-refractivity contribution in [2.75, 3.05) is 14.2 Å². The lowest BCUT2D eigenvalue weighted by Gasteiger charge is -2.37. The van der Waals surface area contributed by atoms with Crippen LogP contribution in [-0.4, -0.2) is 62.5 Å². The fourth-order valence-corrected chi connectivity index (χ4v) is 5.79. The molecule has 0 radical (unpaired) electrons. The van der Waals surface area contributed by atoms with Gasteiger partial charge < -0.3 is 24.3 Å². The standard InChI is InChI=1S/C33H49NO7/c1-23-15-16-24(2)30(13-8-6-5-7-9-14-31(35)34-3)41-33(37)22-29-19-25(20-32(36)38-4)18-28(40-29)21-27-12-10-11-26(17-23)39-27/h5-6,8,13,15-16,20,23-24,26-30H,7,9-12,14,17-19,21-22H2,1-4H3,(H,34,35)/b6-5-,13-8+,16-15+,25-20-. The van der Waals surface area contributed by atoms with Gasteiger partial charge in [0, 0.05) is 31.9 Å². The first-order valence-electron chi connectivity index (χ1n) is 15.3. The van der Waals surface area contributed by atoms with E-state index in [2.05, 4.69) is 31.3 Å². The lowest BCUT2D eigenvalue weighted by Crippen LogP contribution is -2.37. The molecule has 0 aromatic heterocycles. The van der Waals surface area contributed by atoms with Gasteiger partial charge in [-0.05, 0) is 63.4 Å². The SMILES string of the molecule is CNC(=O)CCC/C=C\C=C\C1OC(=O)CC2C/C(=C\C(=O)OC)CC(CC3CCCC(CC(C)/C=C/C1C)O3)O2. The monoisotopic (exact) mass is 571 g/mol. The molecule has 3 rings (SSSR count). The number of rotatable bonds is 7. The van der Waals surface area contributed by atoms with Crippen LogP contribution >= 0.6 is 0 Å². The van der Waals surface area contributed by atoms with Gasteiger partial charge in [0.05, 0.1) is 37.9 Å². The van der Waals surface area contributed by atoms with Crippen molar-refractivity contribution in [2.24, 2.45) is 11.8 Å². The summed E-state index contributed by atoms with van der Waals surface area (Å²) < 4.78 is 23.8. The van der Waals surface area contributed by atoms with Gasteiger partial charge >= 0.3 is 11.9 Å². The highest BCUT2D eigenvalue weighted by Gasteiger charge is 2.33. The summed E-state index contributed by atoms with van der Waals surface area (Å²) in [4.78, 5) is 36.6. The number of allylic oxidation sites excluding steroid dienone is 4. The predicted octanol–water partition coefficient (Wildman–Crippen LogP) is 5.52. The van der Waals surface area contributed by atoms with Gasteiger partial charge in [-0.1, -0.05) is 49.8 Å². The second-order valence-electron chi connectivity index (χ2n) is 11.7. The summed E-state index contributed by atoms with van der Waals surface area (Å²) in [6.45, 7) is 4.26. The summed E-state index contributed by atoms with van der Waals surface area (Å²) in [5, 5.41) is 2.63. The zero-order valence-corrected chi connectivity index (χ0v) is 25.2. The van der Waals surface area contributed by atoms with E-state index in [9.17, 15) is 14.4 Å². The molecule has 1 N–H and O–H groups in total. The highest BCUT2D eigenvalue weighted by molar-refractivity contribution is 5.82. The molecule has 3 aliphatic heterocycles. The van der Waals surface area contributed by atoms with Gasteiger partial charge in [-0.2, -0.15) is 0 Å². The normalized spacial score (nSPS) is 33.4. The molecule has 228 valence electrons. The number of unbranched alkanes of at least 4 members (excludes halogenated alkanes) is 1. The fraction of sp³-hybridized carbons (Fsp3) is 0.667. The van der Waals surface area contributed by atoms with E-state index in [1.54, 1.807) is 7.05 Å². The largest absolute Gasteiger partial charge is 0.466 e. The lowest BCUT2D eigenvalue weighted by molar-refractivity contribution is -0.154. The van der Waals surface area contributed by atoms with Crippen molar-refractivity contribution in [2.45, 2.75) is 115 Å². The Bertz CT molecular complexity index is 984. The number of carbonyl (C=O) groups excluding carboxylic acids is 3. The van der Waals surface area contributed by atoms with Crippen LogP contribution in [0.1, 0.15) is 84.5 Å². The topological polar surface area (TPSA) is 100 Å². The first-order chi connectivity index (χ1) is 19.7. The maximum atomic E-state index is 13.2. The van der Waals surface area contributed by atoms with E-state index in [1.165, 1.54) is 13.2 Å². The molecule has 8 nitrogen and oxygen atoms in total. The van der Waals surface area contributed by atoms with Crippen LogP contribution in [-0.2, 0) is 33.3 Å². The fourth-order valence-electron chi connectivity index (χ4n) is 5.79. The zero-order valence-electron chi connectivity index (χ0n) is 25.2. The Morgan fingerprint density at radius 2 is 1.73 bits per heavy atom. The van der Waals surface area contributed by atoms with Crippen LogP contribution in [0.3, 0.4) is 0 Å². The summed E-state index contributed by atoms with van der Waals surface area (Å²) in [6.07, 6.45) is 21.2. The van der Waals surface area contributed by atoms with E-state index in [1.807, 2.05) is 24.3 Å². The van der Waals surface area contributed by atoms with Gasteiger partial charge in [0.25, 0.3) is 0 Å². The molecule has 0 aromatic carbocycles. The molecule has 41 heavy (non-hydrogen) atoms. The Labute approximate surface area is 245 Å². The highest BCUT2D eigenvalue weighted by atomic mass is 16.6. The number of hydrogen-bond donors (Lipinski definition) is 1. The van der Waals surface area contributed by atoms with Gasteiger partial charge in [0.1, 0.15) is 6.10 Å². The number of methoxy groups -OCH3 is 1. The van der Waals surface area contributed by atoms with Crippen molar-refractivity contribution in [3.05, 3.63) is 48.1 Å². The minimum absolute atomic E-state index is 0.0259. The Kier molecular flexibility index (Phi) is 13.8. The smallest absolute Gasteiger partial charge is 0.330 e. The molecule has 7 atom stereocenters. The van der Waals surface area contributed by atoms with Crippen LogP contribution in [0, 0.1) is 11.8 Å². The first-order valence-corrected chi connectivity index (χ1v) is 15.3. The number of amides is 1. The van der Waals surface area contributed by atoms with Crippen LogP contribution in [0.5, 0.6) is 0 Å². The molecule has 3 aliphatic rings. The minimum atomic E-state index is -0.436. The van der Waals surface area contributed by atoms with Crippen molar-refractivity contribution in [1.82, 2.24) is 5.32 Å². The molecule has 0 saturated carbocycles. The second kappa shape index (κ2) is 17.3. The predicted molar refractivity (Wildman–Crippen MR) is 158 cm³/mol. The molecule has 0 aliphatic carbocycles. The Morgan fingerprint density at radius 3 is 2.49 bits per heavy atom. The van der Waals surface area contributed by atoms with Crippen molar-refractivity contribution >= 4 is 17.8 Å². The molecule has 1 amide bonds. The Morgan fingerprint density at radius 1 is 1.00 bits per heavy atom. The molecule has 2 saturated heterocycles. The van der Waals surface area contributed by atoms with Crippen LogP contribution in [0.15, 0.2) is 48.1 Å². The maximum Gasteiger partial charge on any atom is 0.330 e. The molecular weight excluding hydrogens is 522 g/mol. The lowest BCUT2D eigenvalue weighted by atomic mass is 9.89. The van der Waals surface area contributed by atoms with Crippen molar-refractivity contribution in [3.63, 3.8) is 0 Å². The van der Waals surface area contributed by atoms with Gasteiger partial charge in [0.2, 0.25) is 5.91 Å². The van der Waals surface area contributed by atoms with E-state index < -0.39 is 6.10 Å². The molecule has 0 aromatic rings. The molecule has 2 fully saturated rings. The van der Waals surface area contributed by atoms with E-state index in [-0.39, 0.29) is 54.6 Å². The maximum absolute atomic E-state index is 13.2. The Hall–Kier alpha value is -2.71. The summed E-state index contributed by atoms with van der Waals surface area (Å²) in [5.41, 5.74) is 0.933. The van der Waals surface area contributed by atoms with Crippen LogP contribution < -0.4 is 5.32 Å². The van der Waals surface area contributed by atoms with E-state index >= 15 is 0 Å². The van der Waals surface area contributed by atoms with E-state index in [0.29, 0.717) is 25.2 Å². The van der Waals surface area contributed by atoms with Gasteiger partial charge in [-0.3, -0.25) is 9.59 Å². The van der Waals surface area contributed by atoms with Crippen LogP contribution in [0.25, 0.3) is 0 Å². The summed E-state index contributed by atoms with van der Waals surface area (Å²) >= 11 is 0. The number of esters is 2. The molecule has 7 unspecified atom stereocenters. The summed E-state index contributed by atoms with van der Waals surface area (Å²) in [7, 11) is 3.01. The minimum Gasteiger partial charge on any atom is -0.466 e. The number of carbonyl (C=O) groups is 3. The van der Waals surface area contributed by atoms with Crippen LogP contribution in [0.2, 0.25) is 0 Å². The number of nitrogens with one attached hydrogen (secondary N) is 1. The number of fused-ring (bicyclic) bond motifs is 4. The van der Waals surface area contributed by atoms with E-state index in [4.69, 9.17) is 18.9 Å². The van der Waals surface area contributed by atoms with Gasteiger partial charge in [-0.25, -0.2) is 4.79 Å². The third-order valence-corrected chi connectivity index (χ3v) is 8.01. The third kappa shape index (κ3) is 12.0. The Balaban J connectivity index is 1.75. The summed E-state index contributed by atoms with van der Waals surface area (Å²) in [5.74, 6) is -0.370. The van der Waals surface area contributed by atoms with Gasteiger partial charge in [-0.15, -0.1) is 0 Å². The number of ether oxygens (including phenoxy) is 4. The number of cyclic esters (lactones) is 1. The second-order valence-corrected chi connectivity index (χ2v) is 11.7. The zero-order chi connectivity index (χ0) is 29.6. The van der Waals surface area contributed by atoms with Crippen LogP contribution in [0.4, 0.5) is 0 Å². The molecular formula is C33H49NO7. The molecule has 4 bridgehead atoms.